The van der Waals surface area contributed by atoms with Crippen LogP contribution in [0.3, 0.4) is 0 Å². The lowest BCUT2D eigenvalue weighted by molar-refractivity contribution is -0.114. The number of anilines is 1. The highest BCUT2D eigenvalue weighted by atomic mass is 19.1. The first-order valence-corrected chi connectivity index (χ1v) is 9.35. The van der Waals surface area contributed by atoms with E-state index in [-0.39, 0.29) is 5.57 Å². The highest BCUT2D eigenvalue weighted by molar-refractivity contribution is 6.36. The molecule has 0 atom stereocenters. The minimum Gasteiger partial charge on any atom is -0.311 e. The molecule has 2 aromatic carbocycles. The second-order valence-corrected chi connectivity index (χ2v) is 6.87. The van der Waals surface area contributed by atoms with Crippen LogP contribution in [0.2, 0.25) is 0 Å². The molecule has 2 heterocycles. The van der Waals surface area contributed by atoms with Gasteiger partial charge in [0.1, 0.15) is 5.82 Å². The number of Topliss-reactive ketones (excluding diaryl/α,β-unsaturated/α-hetero) is 1. The van der Waals surface area contributed by atoms with Crippen LogP contribution in [0.1, 0.15) is 27.0 Å². The van der Waals surface area contributed by atoms with Gasteiger partial charge in [0.2, 0.25) is 5.78 Å². The number of rotatable bonds is 2. The average molecular weight is 396 g/mol. The van der Waals surface area contributed by atoms with Gasteiger partial charge in [0, 0.05) is 37.0 Å². The first kappa shape index (κ1) is 19.3. The molecular formula is C25H17FN2O2. The first-order chi connectivity index (χ1) is 14.5. The van der Waals surface area contributed by atoms with Crippen molar-refractivity contribution in [3.8, 4) is 11.8 Å². The summed E-state index contributed by atoms with van der Waals surface area (Å²) < 4.78 is 13.5. The van der Waals surface area contributed by atoms with Crippen molar-refractivity contribution < 1.29 is 14.0 Å². The number of hydrogen-bond donors (Lipinski definition) is 0. The Bertz CT molecular complexity index is 1240. The summed E-state index contributed by atoms with van der Waals surface area (Å²) in [6, 6.07) is 14.8. The van der Waals surface area contributed by atoms with Crippen molar-refractivity contribution in [1.29, 1.82) is 0 Å². The van der Waals surface area contributed by atoms with Crippen LogP contribution < -0.4 is 4.90 Å². The van der Waals surface area contributed by atoms with E-state index in [1.165, 1.54) is 29.2 Å². The van der Waals surface area contributed by atoms with E-state index in [9.17, 15) is 14.0 Å². The van der Waals surface area contributed by atoms with Gasteiger partial charge in [-0.15, -0.1) is 0 Å². The molecule has 1 amide bonds. The number of ketones is 1. The van der Waals surface area contributed by atoms with Crippen LogP contribution in [0, 0.1) is 17.7 Å². The van der Waals surface area contributed by atoms with E-state index >= 15 is 0 Å². The number of likely N-dealkylation sites (N-methyl/N-ethyl adjacent to an activating group) is 1. The largest absolute Gasteiger partial charge is 0.311 e. The standard InChI is InChI=1S/C25H17FN2O2/c1-28-23-9-8-18(5-2-4-17-10-12-27-13-11-17)15-21(23)24(29)22(25(28)30)16-19-6-3-7-20(26)14-19/h3,6-16H,4H2,1H3/b22-16+. The lowest BCUT2D eigenvalue weighted by atomic mass is 9.92. The molecule has 0 fully saturated rings. The molecule has 30 heavy (non-hydrogen) atoms. The fourth-order valence-corrected chi connectivity index (χ4v) is 3.26. The Morgan fingerprint density at radius 3 is 2.63 bits per heavy atom. The van der Waals surface area contributed by atoms with E-state index in [1.54, 1.807) is 43.7 Å². The Kier molecular flexibility index (Phi) is 5.23. The van der Waals surface area contributed by atoms with Crippen molar-refractivity contribution in [3.63, 3.8) is 0 Å². The Hall–Kier alpha value is -4.04. The molecule has 1 aliphatic heterocycles. The molecule has 0 bridgehead atoms. The van der Waals surface area contributed by atoms with Crippen molar-refractivity contribution in [3.05, 3.63) is 101 Å². The third-order valence-electron chi connectivity index (χ3n) is 4.82. The quantitative estimate of drug-likeness (QED) is 0.373. The molecule has 4 nitrogen and oxygen atoms in total. The summed E-state index contributed by atoms with van der Waals surface area (Å²) in [5, 5.41) is 0. The molecule has 4 rings (SSSR count). The monoisotopic (exact) mass is 396 g/mol. The van der Waals surface area contributed by atoms with Crippen molar-refractivity contribution in [1.82, 2.24) is 4.98 Å². The second kappa shape index (κ2) is 8.14. The van der Waals surface area contributed by atoms with Crippen LogP contribution in [0.15, 0.2) is 72.6 Å². The van der Waals surface area contributed by atoms with Gasteiger partial charge in [0.05, 0.1) is 11.3 Å². The van der Waals surface area contributed by atoms with Crippen LogP contribution in [0.25, 0.3) is 6.08 Å². The van der Waals surface area contributed by atoms with E-state index < -0.39 is 17.5 Å². The third kappa shape index (κ3) is 3.89. The first-order valence-electron chi connectivity index (χ1n) is 9.35. The number of pyridine rings is 1. The zero-order valence-corrected chi connectivity index (χ0v) is 16.2. The molecule has 0 aliphatic carbocycles. The third-order valence-corrected chi connectivity index (χ3v) is 4.82. The zero-order chi connectivity index (χ0) is 21.1. The summed E-state index contributed by atoms with van der Waals surface area (Å²) in [6.45, 7) is 0. The molecule has 0 unspecified atom stereocenters. The molecule has 1 aliphatic rings. The molecule has 0 radical (unpaired) electrons. The number of aromatic nitrogens is 1. The minimum atomic E-state index is -0.430. The molecule has 0 saturated heterocycles. The second-order valence-electron chi connectivity index (χ2n) is 6.87. The van der Waals surface area contributed by atoms with Gasteiger partial charge in [-0.3, -0.25) is 14.6 Å². The van der Waals surface area contributed by atoms with E-state index in [0.29, 0.717) is 28.8 Å². The van der Waals surface area contributed by atoms with E-state index in [1.807, 2.05) is 12.1 Å². The number of fused-ring (bicyclic) bond motifs is 1. The number of hydrogen-bond acceptors (Lipinski definition) is 3. The highest BCUT2D eigenvalue weighted by Gasteiger charge is 2.32. The number of halogens is 1. The SMILES string of the molecule is CN1C(=O)/C(=C/c2cccc(F)c2)C(=O)c2cc(C#CCc3ccncc3)ccc21. The summed E-state index contributed by atoms with van der Waals surface area (Å²) in [4.78, 5) is 31.2. The van der Waals surface area contributed by atoms with Gasteiger partial charge >= 0.3 is 0 Å². The molecule has 0 saturated carbocycles. The van der Waals surface area contributed by atoms with E-state index in [4.69, 9.17) is 0 Å². The Morgan fingerprint density at radius 1 is 1.07 bits per heavy atom. The molecule has 3 aromatic rings. The van der Waals surface area contributed by atoms with Gasteiger partial charge in [0.15, 0.2) is 0 Å². The number of nitrogens with zero attached hydrogens (tertiary/aromatic N) is 2. The highest BCUT2D eigenvalue weighted by Crippen LogP contribution is 2.31. The lowest BCUT2D eigenvalue weighted by Gasteiger charge is -2.26. The zero-order valence-electron chi connectivity index (χ0n) is 16.2. The van der Waals surface area contributed by atoms with Crippen molar-refractivity contribution in [2.75, 3.05) is 11.9 Å². The van der Waals surface area contributed by atoms with Crippen LogP contribution >= 0.6 is 0 Å². The van der Waals surface area contributed by atoms with Gasteiger partial charge in [-0.05, 0) is 59.7 Å². The van der Waals surface area contributed by atoms with Crippen molar-refractivity contribution in [2.24, 2.45) is 0 Å². The summed E-state index contributed by atoms with van der Waals surface area (Å²) in [7, 11) is 1.61. The summed E-state index contributed by atoms with van der Waals surface area (Å²) in [6.07, 6.45) is 5.42. The fourth-order valence-electron chi connectivity index (χ4n) is 3.26. The Labute approximate surface area is 173 Å². The predicted molar refractivity (Wildman–Crippen MR) is 113 cm³/mol. The summed E-state index contributed by atoms with van der Waals surface area (Å²) in [5.41, 5.74) is 3.12. The normalized spacial score (nSPS) is 14.3. The molecule has 1 aromatic heterocycles. The van der Waals surface area contributed by atoms with Gasteiger partial charge in [-0.2, -0.15) is 0 Å². The maximum absolute atomic E-state index is 13.5. The van der Waals surface area contributed by atoms with E-state index in [2.05, 4.69) is 16.8 Å². The van der Waals surface area contributed by atoms with Gasteiger partial charge in [-0.25, -0.2) is 4.39 Å². The summed E-state index contributed by atoms with van der Waals surface area (Å²) in [5.74, 6) is 4.91. The van der Waals surface area contributed by atoms with Crippen molar-refractivity contribution >= 4 is 23.5 Å². The maximum atomic E-state index is 13.5. The van der Waals surface area contributed by atoms with Crippen LogP contribution in [0.4, 0.5) is 10.1 Å². The lowest BCUT2D eigenvalue weighted by Crippen LogP contribution is -2.36. The minimum absolute atomic E-state index is 0.00232. The molecule has 0 spiro atoms. The Balaban J connectivity index is 1.67. The van der Waals surface area contributed by atoms with Gasteiger partial charge in [-0.1, -0.05) is 24.0 Å². The smallest absolute Gasteiger partial charge is 0.262 e. The predicted octanol–water partition coefficient (Wildman–Crippen LogP) is 4.06. The van der Waals surface area contributed by atoms with Gasteiger partial charge in [0.25, 0.3) is 5.91 Å². The Morgan fingerprint density at radius 2 is 1.87 bits per heavy atom. The number of carbonyl (C=O) groups is 2. The topological polar surface area (TPSA) is 50.3 Å². The van der Waals surface area contributed by atoms with Gasteiger partial charge < -0.3 is 4.90 Å². The molecular weight excluding hydrogens is 379 g/mol. The maximum Gasteiger partial charge on any atom is 0.262 e. The van der Waals surface area contributed by atoms with Crippen LogP contribution in [0.5, 0.6) is 0 Å². The van der Waals surface area contributed by atoms with Crippen LogP contribution in [-0.2, 0) is 11.2 Å². The fraction of sp³-hybridized carbons (Fsp3) is 0.0800. The molecule has 5 heteroatoms. The number of benzene rings is 2. The van der Waals surface area contributed by atoms with E-state index in [0.717, 1.165) is 5.56 Å². The average Bonchev–Trinajstić information content (AvgIpc) is 2.76. The van der Waals surface area contributed by atoms with Crippen molar-refractivity contribution in [2.45, 2.75) is 6.42 Å². The number of carbonyl (C=O) groups excluding carboxylic acids is 2. The molecule has 146 valence electrons. The molecule has 0 N–H and O–H groups in total. The van der Waals surface area contributed by atoms with Crippen LogP contribution in [-0.4, -0.2) is 23.7 Å². The number of amides is 1. The summed E-state index contributed by atoms with van der Waals surface area (Å²) >= 11 is 0.